The summed E-state index contributed by atoms with van der Waals surface area (Å²) in [5.41, 5.74) is 3.48. The van der Waals surface area contributed by atoms with Crippen molar-refractivity contribution in [2.45, 2.75) is 65.1 Å². The average Bonchev–Trinajstić information content (AvgIpc) is 3.28. The zero-order valence-corrected chi connectivity index (χ0v) is 19.7. The van der Waals surface area contributed by atoms with E-state index in [1.54, 1.807) is 22.7 Å². The second-order valence-corrected chi connectivity index (χ2v) is 10.3. The molecule has 4 rings (SSSR count). The Morgan fingerprint density at radius 3 is 2.87 bits per heavy atom. The van der Waals surface area contributed by atoms with Gasteiger partial charge >= 0.3 is 0 Å². The zero-order chi connectivity index (χ0) is 21.3. The predicted octanol–water partition coefficient (Wildman–Crippen LogP) is 5.34. The van der Waals surface area contributed by atoms with Gasteiger partial charge in [0.2, 0.25) is 5.91 Å². The monoisotopic (exact) mass is 442 g/mol. The highest BCUT2D eigenvalue weighted by atomic mass is 32.1. The van der Waals surface area contributed by atoms with Gasteiger partial charge < -0.3 is 16.0 Å². The number of aromatic nitrogens is 1. The van der Waals surface area contributed by atoms with E-state index in [9.17, 15) is 4.79 Å². The van der Waals surface area contributed by atoms with Crippen LogP contribution in [0.5, 0.6) is 0 Å². The fraction of sp³-hybridized carbons (Fsp3) is 0.478. The number of para-hydroxylation sites is 1. The van der Waals surface area contributed by atoms with Gasteiger partial charge in [0.25, 0.3) is 0 Å². The minimum absolute atomic E-state index is 0.0559. The summed E-state index contributed by atoms with van der Waals surface area (Å²) in [5, 5.41) is 12.2. The molecule has 7 heteroatoms. The molecule has 3 aromatic rings. The Morgan fingerprint density at radius 2 is 2.10 bits per heavy atom. The van der Waals surface area contributed by atoms with Gasteiger partial charge in [0.15, 0.2) is 0 Å². The predicted molar refractivity (Wildman–Crippen MR) is 129 cm³/mol. The molecule has 0 bridgehead atoms. The number of thiophene rings is 1. The van der Waals surface area contributed by atoms with Gasteiger partial charge in [-0.3, -0.25) is 4.79 Å². The van der Waals surface area contributed by atoms with Crippen molar-refractivity contribution in [2.24, 2.45) is 0 Å². The van der Waals surface area contributed by atoms with E-state index in [0.29, 0.717) is 25.0 Å². The topological polar surface area (TPSA) is 66.0 Å². The summed E-state index contributed by atoms with van der Waals surface area (Å²) >= 11 is 3.41. The van der Waals surface area contributed by atoms with Crippen molar-refractivity contribution in [2.75, 3.05) is 11.9 Å². The molecule has 160 valence electrons. The minimum Gasteiger partial charge on any atom is -0.317 e. The number of anilines is 1. The average molecular weight is 443 g/mol. The molecule has 1 aromatic carbocycles. The molecule has 3 N–H and O–H groups in total. The van der Waals surface area contributed by atoms with Crippen LogP contribution in [-0.4, -0.2) is 29.5 Å². The number of benzene rings is 1. The van der Waals surface area contributed by atoms with Crippen molar-refractivity contribution >= 4 is 43.8 Å². The Bertz CT molecular complexity index is 1010. The number of thiazole rings is 1. The van der Waals surface area contributed by atoms with Crippen molar-refractivity contribution in [1.29, 1.82) is 0 Å². The molecule has 1 aliphatic heterocycles. The number of carbonyl (C=O) groups excluding carboxylic acids is 1. The number of nitrogens with one attached hydrogen (secondary N) is 3. The first-order valence-electron chi connectivity index (χ1n) is 10.8. The molecule has 2 aromatic heterocycles. The van der Waals surface area contributed by atoms with E-state index in [1.807, 2.05) is 6.07 Å². The smallest absolute Gasteiger partial charge is 0.226 e. The highest BCUT2D eigenvalue weighted by Gasteiger charge is 2.30. The van der Waals surface area contributed by atoms with Gasteiger partial charge in [-0.2, -0.15) is 0 Å². The Hall–Kier alpha value is -1.80. The van der Waals surface area contributed by atoms with Crippen LogP contribution in [0.3, 0.4) is 0 Å². The van der Waals surface area contributed by atoms with E-state index < -0.39 is 0 Å². The lowest BCUT2D eigenvalue weighted by molar-refractivity contribution is -0.116. The highest BCUT2D eigenvalue weighted by Crippen LogP contribution is 2.47. The minimum atomic E-state index is 0.0559. The van der Waals surface area contributed by atoms with Crippen LogP contribution in [0.4, 0.5) is 5.00 Å². The SMILES string of the molecule is CCC(C)NCCC(=O)Nc1sc2c(c1-c1nc3ccccc3s1)CC(C)NC2C. The molecule has 1 aliphatic rings. The summed E-state index contributed by atoms with van der Waals surface area (Å²) in [6.07, 6.45) is 2.48. The fourth-order valence-corrected chi connectivity index (χ4v) is 6.33. The van der Waals surface area contributed by atoms with E-state index in [2.05, 4.69) is 61.8 Å². The first-order chi connectivity index (χ1) is 14.5. The first-order valence-corrected chi connectivity index (χ1v) is 12.4. The number of hydrogen-bond acceptors (Lipinski definition) is 6. The number of hydrogen-bond donors (Lipinski definition) is 3. The van der Waals surface area contributed by atoms with Crippen LogP contribution >= 0.6 is 22.7 Å². The second kappa shape index (κ2) is 9.14. The lowest BCUT2D eigenvalue weighted by atomic mass is 9.95. The summed E-state index contributed by atoms with van der Waals surface area (Å²) in [6.45, 7) is 9.41. The van der Waals surface area contributed by atoms with Gasteiger partial charge in [-0.25, -0.2) is 4.98 Å². The maximum absolute atomic E-state index is 12.7. The molecule has 1 amide bonds. The number of carbonyl (C=O) groups is 1. The maximum atomic E-state index is 12.7. The van der Waals surface area contributed by atoms with Crippen LogP contribution in [0, 0.1) is 0 Å². The fourth-order valence-electron chi connectivity index (χ4n) is 3.96. The number of nitrogens with zero attached hydrogens (tertiary/aromatic N) is 1. The third kappa shape index (κ3) is 4.44. The van der Waals surface area contributed by atoms with E-state index >= 15 is 0 Å². The van der Waals surface area contributed by atoms with Crippen LogP contribution < -0.4 is 16.0 Å². The van der Waals surface area contributed by atoms with E-state index in [4.69, 9.17) is 4.98 Å². The van der Waals surface area contributed by atoms with Crippen LogP contribution in [0.15, 0.2) is 24.3 Å². The third-order valence-corrected chi connectivity index (χ3v) is 8.08. The van der Waals surface area contributed by atoms with Crippen LogP contribution in [0.2, 0.25) is 0 Å². The molecule has 30 heavy (non-hydrogen) atoms. The lowest BCUT2D eigenvalue weighted by Gasteiger charge is -2.26. The molecule has 0 spiro atoms. The summed E-state index contributed by atoms with van der Waals surface area (Å²) in [5.74, 6) is 0.0559. The Balaban J connectivity index is 1.66. The maximum Gasteiger partial charge on any atom is 0.226 e. The van der Waals surface area contributed by atoms with Crippen LogP contribution in [0.1, 0.15) is 57.0 Å². The quantitative estimate of drug-likeness (QED) is 0.462. The van der Waals surface area contributed by atoms with Crippen molar-refractivity contribution in [3.05, 3.63) is 34.7 Å². The first kappa shape index (κ1) is 21.4. The van der Waals surface area contributed by atoms with Crippen molar-refractivity contribution in [3.63, 3.8) is 0 Å². The van der Waals surface area contributed by atoms with Gasteiger partial charge in [0.1, 0.15) is 10.0 Å². The molecule has 0 radical (unpaired) electrons. The summed E-state index contributed by atoms with van der Waals surface area (Å²) in [7, 11) is 0. The molecule has 5 nitrogen and oxygen atoms in total. The van der Waals surface area contributed by atoms with Gasteiger partial charge in [-0.15, -0.1) is 22.7 Å². The van der Waals surface area contributed by atoms with Crippen molar-refractivity contribution in [3.8, 4) is 10.6 Å². The Kier molecular flexibility index (Phi) is 6.53. The van der Waals surface area contributed by atoms with Crippen molar-refractivity contribution < 1.29 is 4.79 Å². The summed E-state index contributed by atoms with van der Waals surface area (Å²) in [6, 6.07) is 9.35. The number of amides is 1. The van der Waals surface area contributed by atoms with Gasteiger partial charge in [0.05, 0.1) is 10.2 Å². The highest BCUT2D eigenvalue weighted by molar-refractivity contribution is 7.23. The second-order valence-electron chi connectivity index (χ2n) is 8.19. The molecule has 0 fully saturated rings. The molecule has 0 aliphatic carbocycles. The zero-order valence-electron chi connectivity index (χ0n) is 18.0. The van der Waals surface area contributed by atoms with Crippen LogP contribution in [-0.2, 0) is 11.2 Å². The van der Waals surface area contributed by atoms with Crippen molar-refractivity contribution in [1.82, 2.24) is 15.6 Å². The number of rotatable bonds is 7. The largest absolute Gasteiger partial charge is 0.317 e. The van der Waals surface area contributed by atoms with E-state index in [1.165, 1.54) is 15.1 Å². The third-order valence-electron chi connectivity index (χ3n) is 5.69. The van der Waals surface area contributed by atoms with Crippen LogP contribution in [0.25, 0.3) is 20.8 Å². The van der Waals surface area contributed by atoms with Gasteiger partial charge in [-0.05, 0) is 51.3 Å². The van der Waals surface area contributed by atoms with Gasteiger partial charge in [0, 0.05) is 41.5 Å². The Labute approximate surface area is 186 Å². The van der Waals surface area contributed by atoms with E-state index in [-0.39, 0.29) is 11.9 Å². The summed E-state index contributed by atoms with van der Waals surface area (Å²) in [4.78, 5) is 19.0. The lowest BCUT2D eigenvalue weighted by Crippen LogP contribution is -2.35. The molecular weight excluding hydrogens is 412 g/mol. The Morgan fingerprint density at radius 1 is 1.30 bits per heavy atom. The molecule has 3 heterocycles. The molecule has 3 unspecified atom stereocenters. The number of fused-ring (bicyclic) bond motifs is 2. The molecule has 3 atom stereocenters. The molecular formula is C23H30N4OS2. The standard InChI is InChI=1S/C23H30N4OS2/c1-5-13(2)24-11-10-19(28)27-23-20(16-12-14(3)25-15(4)21(16)30-23)22-26-17-8-6-7-9-18(17)29-22/h6-9,13-15,24-25H,5,10-12H2,1-4H3,(H,27,28). The molecule has 0 saturated carbocycles. The summed E-state index contributed by atoms with van der Waals surface area (Å²) < 4.78 is 1.18. The van der Waals surface area contributed by atoms with E-state index in [0.717, 1.165) is 33.9 Å². The normalized spacial score (nSPS) is 19.6. The molecule has 0 saturated heterocycles. The van der Waals surface area contributed by atoms with Gasteiger partial charge in [-0.1, -0.05) is 19.1 Å².